The molecule has 128 valence electrons. The first-order valence-corrected chi connectivity index (χ1v) is 8.73. The molecule has 0 aromatic carbocycles. The molecule has 0 N–H and O–H groups in total. The van der Waals surface area contributed by atoms with Gasteiger partial charge < -0.3 is 4.74 Å². The Morgan fingerprint density at radius 1 is 1.00 bits per heavy atom. The van der Waals surface area contributed by atoms with Gasteiger partial charge in [-0.05, 0) is 32.1 Å². The van der Waals surface area contributed by atoms with Crippen LogP contribution in [0.1, 0.15) is 33.1 Å². The summed E-state index contributed by atoms with van der Waals surface area (Å²) in [6, 6.07) is 0. The average molecular weight is 330 g/mol. The quantitative estimate of drug-likeness (QED) is 0.569. The van der Waals surface area contributed by atoms with Crippen LogP contribution in [0.25, 0.3) is 0 Å². The van der Waals surface area contributed by atoms with Crippen LogP contribution >= 0.6 is 0 Å². The summed E-state index contributed by atoms with van der Waals surface area (Å²) in [5.74, 6) is -3.07. The number of ketones is 3. The molecule has 4 aliphatic carbocycles. The lowest BCUT2D eigenvalue weighted by Crippen LogP contribution is -2.50. The predicted octanol–water partition coefficient (Wildman–Crippen LogP) is 1.74. The molecule has 0 aromatic rings. The second-order valence-electron chi connectivity index (χ2n) is 8.06. The number of fused-ring (bicyclic) bond motifs is 1. The van der Waals surface area contributed by atoms with Crippen molar-refractivity contribution in [2.45, 2.75) is 39.2 Å². The van der Waals surface area contributed by atoms with E-state index in [-0.39, 0.29) is 47.5 Å². The van der Waals surface area contributed by atoms with E-state index in [1.807, 2.05) is 6.92 Å². The highest BCUT2D eigenvalue weighted by Crippen LogP contribution is 2.58. The summed E-state index contributed by atoms with van der Waals surface area (Å²) in [6.45, 7) is 7.33. The third-order valence-electron chi connectivity index (χ3n) is 6.81. The molecule has 5 heteroatoms. The van der Waals surface area contributed by atoms with Gasteiger partial charge in [-0.3, -0.25) is 19.2 Å². The van der Waals surface area contributed by atoms with Gasteiger partial charge in [-0.2, -0.15) is 0 Å². The third-order valence-corrected chi connectivity index (χ3v) is 6.81. The Morgan fingerprint density at radius 2 is 1.67 bits per heavy atom. The zero-order chi connectivity index (χ0) is 17.3. The van der Waals surface area contributed by atoms with Gasteiger partial charge in [0, 0.05) is 30.6 Å². The number of Topliss-reactive ketones (excluding diaryl/α,β-unsaturated/α-hetero) is 3. The molecule has 1 aliphatic heterocycles. The summed E-state index contributed by atoms with van der Waals surface area (Å²) >= 11 is 0. The molecule has 5 nitrogen and oxygen atoms in total. The molecule has 5 rings (SSSR count). The first kappa shape index (κ1) is 15.7. The van der Waals surface area contributed by atoms with E-state index < -0.39 is 29.8 Å². The standard InChI is InChI=1S/C19H22O5/c1-7(2)9-4-10-15-11-6-13(22)17(16(10)12(21)5-9)14(8(3)20)18(11)24-19(15)23/h9-11,14-18H,1,4-6H2,2-3H3/t9-,10+,11+,14+,15-,16+,17-,18-/m0/s1. The van der Waals surface area contributed by atoms with Crippen molar-refractivity contribution in [3.05, 3.63) is 12.2 Å². The van der Waals surface area contributed by atoms with Crippen molar-refractivity contribution in [2.75, 3.05) is 0 Å². The van der Waals surface area contributed by atoms with Crippen molar-refractivity contribution in [1.82, 2.24) is 0 Å². The van der Waals surface area contributed by atoms with Crippen LogP contribution in [0.3, 0.4) is 0 Å². The second-order valence-corrected chi connectivity index (χ2v) is 8.06. The van der Waals surface area contributed by atoms with E-state index in [4.69, 9.17) is 4.74 Å². The number of hydrogen-bond donors (Lipinski definition) is 0. The minimum absolute atomic E-state index is 0.0184. The van der Waals surface area contributed by atoms with Gasteiger partial charge >= 0.3 is 5.97 Å². The first-order valence-electron chi connectivity index (χ1n) is 8.73. The van der Waals surface area contributed by atoms with E-state index in [2.05, 4.69) is 6.58 Å². The molecule has 5 aliphatic rings. The molecule has 5 fully saturated rings. The van der Waals surface area contributed by atoms with E-state index in [9.17, 15) is 19.2 Å². The summed E-state index contributed by atoms with van der Waals surface area (Å²) in [6.07, 6.45) is 0.781. The topological polar surface area (TPSA) is 77.5 Å². The van der Waals surface area contributed by atoms with Gasteiger partial charge in [0.1, 0.15) is 23.5 Å². The summed E-state index contributed by atoms with van der Waals surface area (Å²) in [5.41, 5.74) is 0.941. The van der Waals surface area contributed by atoms with E-state index in [1.165, 1.54) is 6.92 Å². The van der Waals surface area contributed by atoms with Gasteiger partial charge in [-0.1, -0.05) is 12.2 Å². The van der Waals surface area contributed by atoms with Crippen LogP contribution in [0, 0.1) is 41.4 Å². The van der Waals surface area contributed by atoms with Crippen LogP contribution in [0.15, 0.2) is 12.2 Å². The van der Waals surface area contributed by atoms with Crippen LogP contribution in [-0.4, -0.2) is 29.4 Å². The van der Waals surface area contributed by atoms with Crippen LogP contribution in [-0.2, 0) is 23.9 Å². The molecule has 1 heterocycles. The molecule has 4 saturated carbocycles. The van der Waals surface area contributed by atoms with Crippen molar-refractivity contribution in [3.8, 4) is 0 Å². The van der Waals surface area contributed by atoms with Crippen LogP contribution in [0.2, 0.25) is 0 Å². The van der Waals surface area contributed by atoms with Crippen LogP contribution in [0.4, 0.5) is 0 Å². The Labute approximate surface area is 140 Å². The molecule has 0 unspecified atom stereocenters. The molecule has 0 amide bonds. The maximum absolute atomic E-state index is 12.9. The average Bonchev–Trinajstić information content (AvgIpc) is 2.66. The van der Waals surface area contributed by atoms with Gasteiger partial charge in [-0.25, -0.2) is 0 Å². The number of allylic oxidation sites excluding steroid dienone is 1. The molecule has 8 atom stereocenters. The summed E-state index contributed by atoms with van der Waals surface area (Å²) < 4.78 is 5.56. The molecule has 0 aromatic heterocycles. The zero-order valence-electron chi connectivity index (χ0n) is 14.0. The monoisotopic (exact) mass is 330 g/mol. The normalized spacial score (nSPS) is 46.3. The fourth-order valence-electron chi connectivity index (χ4n) is 5.82. The van der Waals surface area contributed by atoms with Gasteiger partial charge in [0.25, 0.3) is 0 Å². The molecule has 4 bridgehead atoms. The minimum Gasteiger partial charge on any atom is -0.461 e. The molecule has 24 heavy (non-hydrogen) atoms. The van der Waals surface area contributed by atoms with Gasteiger partial charge in [-0.15, -0.1) is 0 Å². The Kier molecular flexibility index (Phi) is 3.35. The summed E-state index contributed by atoms with van der Waals surface area (Å²) in [7, 11) is 0. The molecule has 0 radical (unpaired) electrons. The maximum Gasteiger partial charge on any atom is 0.309 e. The van der Waals surface area contributed by atoms with E-state index in [1.54, 1.807) is 0 Å². The van der Waals surface area contributed by atoms with Crippen LogP contribution < -0.4 is 0 Å². The van der Waals surface area contributed by atoms with Gasteiger partial charge in [0.2, 0.25) is 0 Å². The lowest BCUT2D eigenvalue weighted by Gasteiger charge is -2.41. The maximum atomic E-state index is 12.9. The number of carbonyl (C=O) groups is 4. The highest BCUT2D eigenvalue weighted by Gasteiger charge is 2.67. The fraction of sp³-hybridized carbons (Fsp3) is 0.684. The summed E-state index contributed by atoms with van der Waals surface area (Å²) in [4.78, 5) is 50.5. The van der Waals surface area contributed by atoms with Crippen molar-refractivity contribution in [3.63, 3.8) is 0 Å². The zero-order valence-corrected chi connectivity index (χ0v) is 14.0. The largest absolute Gasteiger partial charge is 0.461 e. The van der Waals surface area contributed by atoms with Crippen LogP contribution in [0.5, 0.6) is 0 Å². The SMILES string of the molecule is C=C(C)[C@@H]1CC(=O)[C@H]2[C@H](C1)[C@@H]1C(=O)O[C@H]3[C@@H]1CC(=O)[C@H]2[C@H]3C(C)=O. The highest BCUT2D eigenvalue weighted by molar-refractivity contribution is 5.98. The minimum atomic E-state index is -0.648. The number of esters is 1. The number of hydrogen-bond acceptors (Lipinski definition) is 5. The Hall–Kier alpha value is -1.78. The van der Waals surface area contributed by atoms with E-state index in [0.29, 0.717) is 12.8 Å². The van der Waals surface area contributed by atoms with Crippen molar-refractivity contribution in [2.24, 2.45) is 41.4 Å². The van der Waals surface area contributed by atoms with Crippen molar-refractivity contribution in [1.29, 1.82) is 0 Å². The molecular formula is C19H22O5. The molecule has 1 saturated heterocycles. The summed E-state index contributed by atoms with van der Waals surface area (Å²) in [5, 5.41) is 0. The lowest BCUT2D eigenvalue weighted by atomic mass is 9.61. The van der Waals surface area contributed by atoms with E-state index >= 15 is 0 Å². The number of rotatable bonds is 2. The first-order chi connectivity index (χ1) is 11.3. The molecule has 0 spiro atoms. The second kappa shape index (κ2) is 5.11. The van der Waals surface area contributed by atoms with Gasteiger partial charge in [0.15, 0.2) is 0 Å². The smallest absolute Gasteiger partial charge is 0.309 e. The fourth-order valence-corrected chi connectivity index (χ4v) is 5.82. The third kappa shape index (κ3) is 1.93. The van der Waals surface area contributed by atoms with Gasteiger partial charge in [0.05, 0.1) is 11.8 Å². The van der Waals surface area contributed by atoms with E-state index in [0.717, 1.165) is 5.57 Å². The lowest BCUT2D eigenvalue weighted by molar-refractivity contribution is -0.161. The number of carbonyl (C=O) groups excluding carboxylic acids is 4. The highest BCUT2D eigenvalue weighted by atomic mass is 16.6. The Balaban J connectivity index is 1.85. The van der Waals surface area contributed by atoms with Crippen molar-refractivity contribution < 1.29 is 23.9 Å². The predicted molar refractivity (Wildman–Crippen MR) is 83.7 cm³/mol. The van der Waals surface area contributed by atoms with Crippen molar-refractivity contribution >= 4 is 23.3 Å². The Bertz CT molecular complexity index is 677. The Morgan fingerprint density at radius 3 is 2.29 bits per heavy atom. The number of ether oxygens (including phenoxy) is 1. The molecular weight excluding hydrogens is 308 g/mol.